The van der Waals surface area contributed by atoms with E-state index in [1.807, 2.05) is 36.4 Å². The fourth-order valence-electron chi connectivity index (χ4n) is 3.54. The Labute approximate surface area is 189 Å². The summed E-state index contributed by atoms with van der Waals surface area (Å²) in [6.45, 7) is 0. The van der Waals surface area contributed by atoms with Crippen molar-refractivity contribution in [3.63, 3.8) is 0 Å². The van der Waals surface area contributed by atoms with Crippen LogP contribution in [0.5, 0.6) is 5.75 Å². The summed E-state index contributed by atoms with van der Waals surface area (Å²) >= 11 is 12.5. The van der Waals surface area contributed by atoms with Crippen molar-refractivity contribution in [1.82, 2.24) is 4.57 Å². The van der Waals surface area contributed by atoms with Gasteiger partial charge in [-0.25, -0.2) is 0 Å². The Balaban J connectivity index is 2.10. The van der Waals surface area contributed by atoms with E-state index >= 15 is 0 Å². The lowest BCUT2D eigenvalue weighted by atomic mass is 9.98. The van der Waals surface area contributed by atoms with E-state index in [1.165, 1.54) is 10.6 Å². The number of nitrogens with zero attached hydrogens (tertiary/aromatic N) is 2. The fraction of sp³-hybridized carbons (Fsp3) is 0.0400. The van der Waals surface area contributed by atoms with Gasteiger partial charge >= 0.3 is 0 Å². The Bertz CT molecular complexity index is 1360. The minimum Gasteiger partial charge on any atom is -0.506 e. The minimum atomic E-state index is -0.455. The summed E-state index contributed by atoms with van der Waals surface area (Å²) < 4.78 is 1.38. The normalized spacial score (nSPS) is 10.6. The molecule has 1 heterocycles. The average Bonchev–Trinajstić information content (AvgIpc) is 2.78. The van der Waals surface area contributed by atoms with Crippen molar-refractivity contribution in [2.75, 3.05) is 0 Å². The molecule has 4 rings (SSSR count). The molecule has 3 aromatic carbocycles. The summed E-state index contributed by atoms with van der Waals surface area (Å²) in [5, 5.41) is 21.6. The summed E-state index contributed by atoms with van der Waals surface area (Å²) in [5.74, 6) is -0.323. The third-order valence-electron chi connectivity index (χ3n) is 4.98. The fourth-order valence-corrected chi connectivity index (χ4v) is 4.03. The number of rotatable bonds is 4. The molecule has 0 aliphatic carbocycles. The molecule has 4 aromatic rings. The first-order valence-corrected chi connectivity index (χ1v) is 10.2. The van der Waals surface area contributed by atoms with Gasteiger partial charge in [-0.2, -0.15) is 5.26 Å². The standard InChI is InChI=1S/C25H16Cl2N2O2/c26-18-11-12-22(21(27)14-18)29-23(17-9-5-2-6-10-17)20(15-28)24(30)19(25(29)31)13-16-7-3-1-4-8-16/h1-12,14,30H,13H2. The van der Waals surface area contributed by atoms with Crippen LogP contribution < -0.4 is 5.56 Å². The lowest BCUT2D eigenvalue weighted by molar-refractivity contribution is 0.465. The van der Waals surface area contributed by atoms with Crippen molar-refractivity contribution < 1.29 is 5.11 Å². The number of aromatic nitrogens is 1. The van der Waals surface area contributed by atoms with Gasteiger partial charge in [0.1, 0.15) is 17.4 Å². The monoisotopic (exact) mass is 446 g/mol. The Morgan fingerprint density at radius 1 is 0.935 bits per heavy atom. The van der Waals surface area contributed by atoms with Crippen LogP contribution in [0.1, 0.15) is 16.7 Å². The largest absolute Gasteiger partial charge is 0.506 e. The van der Waals surface area contributed by atoms with Gasteiger partial charge < -0.3 is 5.11 Å². The maximum absolute atomic E-state index is 13.7. The topological polar surface area (TPSA) is 66.0 Å². The molecular formula is C25H16Cl2N2O2. The van der Waals surface area contributed by atoms with Crippen LogP contribution >= 0.6 is 23.2 Å². The lowest BCUT2D eigenvalue weighted by Crippen LogP contribution is -2.26. The second-order valence-electron chi connectivity index (χ2n) is 6.93. The van der Waals surface area contributed by atoms with Gasteiger partial charge in [0.25, 0.3) is 5.56 Å². The molecule has 0 aliphatic rings. The summed E-state index contributed by atoms with van der Waals surface area (Å²) in [5.41, 5.74) is 1.75. The highest BCUT2D eigenvalue weighted by Crippen LogP contribution is 2.35. The van der Waals surface area contributed by atoms with Crippen molar-refractivity contribution in [2.24, 2.45) is 0 Å². The van der Waals surface area contributed by atoms with E-state index in [9.17, 15) is 15.2 Å². The van der Waals surface area contributed by atoms with Gasteiger partial charge in [-0.1, -0.05) is 83.9 Å². The van der Waals surface area contributed by atoms with E-state index in [-0.39, 0.29) is 34.0 Å². The van der Waals surface area contributed by atoms with Gasteiger partial charge in [0.2, 0.25) is 0 Å². The summed E-state index contributed by atoms with van der Waals surface area (Å²) in [4.78, 5) is 13.7. The van der Waals surface area contributed by atoms with Gasteiger partial charge in [-0.05, 0) is 23.8 Å². The molecule has 0 saturated carbocycles. The summed E-state index contributed by atoms with van der Waals surface area (Å²) in [6, 6.07) is 25.1. The average molecular weight is 447 g/mol. The number of aromatic hydroxyl groups is 1. The predicted octanol–water partition coefficient (Wildman–Crippen LogP) is 5.98. The molecule has 0 spiro atoms. The van der Waals surface area contributed by atoms with E-state index in [1.54, 1.807) is 36.4 Å². The molecule has 0 aliphatic heterocycles. The maximum Gasteiger partial charge on any atom is 0.262 e. The molecule has 0 unspecified atom stereocenters. The van der Waals surface area contributed by atoms with E-state index in [2.05, 4.69) is 6.07 Å². The Hall–Kier alpha value is -3.52. The zero-order chi connectivity index (χ0) is 22.0. The lowest BCUT2D eigenvalue weighted by Gasteiger charge is -2.19. The quantitative estimate of drug-likeness (QED) is 0.419. The Morgan fingerprint density at radius 3 is 2.19 bits per heavy atom. The van der Waals surface area contributed by atoms with Gasteiger partial charge in [0.15, 0.2) is 0 Å². The molecule has 0 atom stereocenters. The van der Waals surface area contributed by atoms with E-state index in [4.69, 9.17) is 23.2 Å². The molecule has 0 fully saturated rings. The summed E-state index contributed by atoms with van der Waals surface area (Å²) in [6.07, 6.45) is 0.167. The van der Waals surface area contributed by atoms with Crippen molar-refractivity contribution >= 4 is 23.2 Å². The molecule has 0 amide bonds. The highest BCUT2D eigenvalue weighted by molar-refractivity contribution is 6.35. The molecule has 1 N–H and O–H groups in total. The van der Waals surface area contributed by atoms with Crippen LogP contribution in [0.4, 0.5) is 0 Å². The second-order valence-corrected chi connectivity index (χ2v) is 7.77. The third kappa shape index (κ3) is 3.94. The van der Waals surface area contributed by atoms with E-state index in [0.29, 0.717) is 16.3 Å². The van der Waals surface area contributed by atoms with Crippen molar-refractivity contribution in [3.05, 3.63) is 116 Å². The van der Waals surface area contributed by atoms with Crippen LogP contribution in [0.3, 0.4) is 0 Å². The predicted molar refractivity (Wildman–Crippen MR) is 123 cm³/mol. The molecule has 0 bridgehead atoms. The number of benzene rings is 3. The van der Waals surface area contributed by atoms with Gasteiger partial charge in [0, 0.05) is 17.0 Å². The number of halogens is 2. The molecule has 31 heavy (non-hydrogen) atoms. The van der Waals surface area contributed by atoms with E-state index in [0.717, 1.165) is 5.56 Å². The number of hydrogen-bond acceptors (Lipinski definition) is 3. The molecule has 0 saturated heterocycles. The Morgan fingerprint density at radius 2 is 1.58 bits per heavy atom. The number of pyridine rings is 1. The van der Waals surface area contributed by atoms with Gasteiger partial charge in [-0.3, -0.25) is 9.36 Å². The van der Waals surface area contributed by atoms with Crippen LogP contribution in [-0.2, 0) is 6.42 Å². The van der Waals surface area contributed by atoms with Crippen LogP contribution in [0.25, 0.3) is 16.9 Å². The molecule has 4 nitrogen and oxygen atoms in total. The van der Waals surface area contributed by atoms with Crippen LogP contribution in [0.15, 0.2) is 83.7 Å². The number of hydrogen-bond donors (Lipinski definition) is 1. The van der Waals surface area contributed by atoms with Gasteiger partial charge in [0.05, 0.1) is 22.0 Å². The Kier molecular flexibility index (Phi) is 5.81. The zero-order valence-electron chi connectivity index (χ0n) is 16.2. The van der Waals surface area contributed by atoms with Crippen molar-refractivity contribution in [1.29, 1.82) is 5.26 Å². The van der Waals surface area contributed by atoms with Gasteiger partial charge in [-0.15, -0.1) is 0 Å². The highest BCUT2D eigenvalue weighted by Gasteiger charge is 2.24. The van der Waals surface area contributed by atoms with Crippen molar-refractivity contribution in [3.8, 4) is 28.8 Å². The minimum absolute atomic E-state index is 0.00254. The zero-order valence-corrected chi connectivity index (χ0v) is 17.7. The number of nitriles is 1. The van der Waals surface area contributed by atoms with E-state index < -0.39 is 5.56 Å². The SMILES string of the molecule is N#Cc1c(O)c(Cc2ccccc2)c(=O)n(-c2ccc(Cl)cc2Cl)c1-c1ccccc1. The van der Waals surface area contributed by atoms with Crippen LogP contribution in [0, 0.1) is 11.3 Å². The first-order chi connectivity index (χ1) is 15.0. The second kappa shape index (κ2) is 8.69. The molecule has 1 aromatic heterocycles. The molecular weight excluding hydrogens is 431 g/mol. The molecule has 6 heteroatoms. The first-order valence-electron chi connectivity index (χ1n) is 9.47. The molecule has 152 valence electrons. The van der Waals surface area contributed by atoms with Crippen LogP contribution in [-0.4, -0.2) is 9.67 Å². The first kappa shape index (κ1) is 20.7. The third-order valence-corrected chi connectivity index (χ3v) is 5.52. The van der Waals surface area contributed by atoms with Crippen molar-refractivity contribution in [2.45, 2.75) is 6.42 Å². The highest BCUT2D eigenvalue weighted by atomic mass is 35.5. The van der Waals surface area contributed by atoms with Crippen LogP contribution in [0.2, 0.25) is 10.0 Å². The smallest absolute Gasteiger partial charge is 0.262 e. The maximum atomic E-state index is 13.7. The molecule has 0 radical (unpaired) electrons. The summed E-state index contributed by atoms with van der Waals surface area (Å²) in [7, 11) is 0.